The zero-order valence-electron chi connectivity index (χ0n) is 12.1. The second-order valence-corrected chi connectivity index (χ2v) is 4.84. The third kappa shape index (κ3) is 3.87. The monoisotopic (exact) mass is 278 g/mol. The number of amides is 1. The molecule has 1 heterocycles. The highest BCUT2D eigenvalue weighted by atomic mass is 16.5. The van der Waals surface area contributed by atoms with Crippen molar-refractivity contribution in [3.05, 3.63) is 24.3 Å². The van der Waals surface area contributed by atoms with Crippen molar-refractivity contribution in [1.82, 2.24) is 10.2 Å². The fraction of sp³-hybridized carbons (Fsp3) is 0.533. The Morgan fingerprint density at radius 2 is 1.95 bits per heavy atom. The zero-order chi connectivity index (χ0) is 14.4. The summed E-state index contributed by atoms with van der Waals surface area (Å²) in [5, 5.41) is 3.25. The van der Waals surface area contributed by atoms with E-state index in [2.05, 4.69) is 5.32 Å². The number of hydrogen-bond acceptors (Lipinski definition) is 4. The lowest BCUT2D eigenvalue weighted by atomic mass is 10.2. The molecule has 5 heteroatoms. The van der Waals surface area contributed by atoms with Crippen LogP contribution in [0.1, 0.15) is 13.3 Å². The first kappa shape index (κ1) is 14.7. The number of nitrogens with one attached hydrogen (secondary N) is 1. The number of ether oxygens (including phenoxy) is 2. The Balaban J connectivity index is 1.80. The van der Waals surface area contributed by atoms with E-state index in [4.69, 9.17) is 9.47 Å². The SMILES string of the molecule is CCOc1ccc(OCC(=O)N(C)C2CCNC2)cc1. The highest BCUT2D eigenvalue weighted by Gasteiger charge is 2.23. The predicted molar refractivity (Wildman–Crippen MR) is 77.2 cm³/mol. The fourth-order valence-corrected chi connectivity index (χ4v) is 2.22. The van der Waals surface area contributed by atoms with Crippen LogP contribution in [0.5, 0.6) is 11.5 Å². The van der Waals surface area contributed by atoms with Crippen LogP contribution in [0, 0.1) is 0 Å². The van der Waals surface area contributed by atoms with Crippen molar-refractivity contribution >= 4 is 5.91 Å². The molecule has 2 rings (SSSR count). The maximum atomic E-state index is 12.0. The minimum Gasteiger partial charge on any atom is -0.494 e. The Labute approximate surface area is 119 Å². The first-order valence-corrected chi connectivity index (χ1v) is 7.02. The molecule has 1 unspecified atom stereocenters. The number of rotatable bonds is 6. The summed E-state index contributed by atoms with van der Waals surface area (Å²) in [6.45, 7) is 4.49. The molecule has 110 valence electrons. The number of benzene rings is 1. The van der Waals surface area contributed by atoms with Gasteiger partial charge >= 0.3 is 0 Å². The largest absolute Gasteiger partial charge is 0.494 e. The van der Waals surface area contributed by atoms with E-state index in [9.17, 15) is 4.79 Å². The van der Waals surface area contributed by atoms with E-state index < -0.39 is 0 Å². The Morgan fingerprint density at radius 3 is 2.50 bits per heavy atom. The topological polar surface area (TPSA) is 50.8 Å². The van der Waals surface area contributed by atoms with Gasteiger partial charge in [-0.05, 0) is 44.2 Å². The second-order valence-electron chi connectivity index (χ2n) is 4.84. The van der Waals surface area contributed by atoms with Crippen molar-refractivity contribution in [2.75, 3.05) is 33.4 Å². The Morgan fingerprint density at radius 1 is 1.30 bits per heavy atom. The summed E-state index contributed by atoms with van der Waals surface area (Å²) >= 11 is 0. The smallest absolute Gasteiger partial charge is 0.260 e. The average molecular weight is 278 g/mol. The van der Waals surface area contributed by atoms with E-state index in [1.54, 1.807) is 4.90 Å². The van der Waals surface area contributed by atoms with Gasteiger partial charge in [0, 0.05) is 19.6 Å². The molecule has 1 aliphatic heterocycles. The molecule has 20 heavy (non-hydrogen) atoms. The van der Waals surface area contributed by atoms with Gasteiger partial charge in [-0.15, -0.1) is 0 Å². The third-order valence-electron chi connectivity index (χ3n) is 3.47. The molecule has 1 atom stereocenters. The lowest BCUT2D eigenvalue weighted by Crippen LogP contribution is -2.40. The fourth-order valence-electron chi connectivity index (χ4n) is 2.22. The van der Waals surface area contributed by atoms with Gasteiger partial charge in [-0.2, -0.15) is 0 Å². The van der Waals surface area contributed by atoms with Crippen LogP contribution < -0.4 is 14.8 Å². The molecule has 1 aromatic carbocycles. The molecule has 0 saturated carbocycles. The van der Waals surface area contributed by atoms with Gasteiger partial charge in [-0.3, -0.25) is 4.79 Å². The minimum atomic E-state index is 0.00702. The van der Waals surface area contributed by atoms with Gasteiger partial charge in [0.05, 0.1) is 6.61 Å². The van der Waals surface area contributed by atoms with E-state index in [1.165, 1.54) is 0 Å². The minimum absolute atomic E-state index is 0.00702. The summed E-state index contributed by atoms with van der Waals surface area (Å²) in [7, 11) is 1.83. The van der Waals surface area contributed by atoms with E-state index >= 15 is 0 Å². The van der Waals surface area contributed by atoms with E-state index in [1.807, 2.05) is 38.2 Å². The lowest BCUT2D eigenvalue weighted by molar-refractivity contribution is -0.133. The van der Waals surface area contributed by atoms with Gasteiger partial charge in [-0.25, -0.2) is 0 Å². The maximum Gasteiger partial charge on any atom is 0.260 e. The molecule has 1 fully saturated rings. The summed E-state index contributed by atoms with van der Waals surface area (Å²) in [6, 6.07) is 7.60. The van der Waals surface area contributed by atoms with E-state index in [0.717, 1.165) is 25.3 Å². The first-order valence-electron chi connectivity index (χ1n) is 7.02. The van der Waals surface area contributed by atoms with Crippen molar-refractivity contribution in [3.63, 3.8) is 0 Å². The van der Waals surface area contributed by atoms with Gasteiger partial charge < -0.3 is 19.7 Å². The number of carbonyl (C=O) groups is 1. The van der Waals surface area contributed by atoms with Crippen LogP contribution in [-0.2, 0) is 4.79 Å². The van der Waals surface area contributed by atoms with Crippen LogP contribution in [0.15, 0.2) is 24.3 Å². The molecule has 1 N–H and O–H groups in total. The number of carbonyl (C=O) groups excluding carboxylic acids is 1. The van der Waals surface area contributed by atoms with Gasteiger partial charge in [-0.1, -0.05) is 0 Å². The molecule has 1 aromatic rings. The quantitative estimate of drug-likeness (QED) is 0.852. The van der Waals surface area contributed by atoms with Gasteiger partial charge in [0.15, 0.2) is 6.61 Å². The second kappa shape index (κ2) is 7.14. The first-order chi connectivity index (χ1) is 9.70. The summed E-state index contributed by atoms with van der Waals surface area (Å²) in [6.07, 6.45) is 1.01. The molecule has 0 aliphatic carbocycles. The molecular formula is C15H22N2O3. The van der Waals surface area contributed by atoms with Gasteiger partial charge in [0.25, 0.3) is 5.91 Å². The molecule has 0 radical (unpaired) electrons. The normalized spacial score (nSPS) is 17.8. The third-order valence-corrected chi connectivity index (χ3v) is 3.47. The highest BCUT2D eigenvalue weighted by molar-refractivity contribution is 5.77. The summed E-state index contributed by atoms with van der Waals surface area (Å²) in [4.78, 5) is 13.8. The van der Waals surface area contributed by atoms with Crippen LogP contribution in [0.25, 0.3) is 0 Å². The van der Waals surface area contributed by atoms with Crippen LogP contribution in [0.2, 0.25) is 0 Å². The predicted octanol–water partition coefficient (Wildman–Crippen LogP) is 1.28. The van der Waals surface area contributed by atoms with Crippen molar-refractivity contribution in [2.24, 2.45) is 0 Å². The Hall–Kier alpha value is -1.75. The zero-order valence-corrected chi connectivity index (χ0v) is 12.1. The van der Waals surface area contributed by atoms with Crippen LogP contribution >= 0.6 is 0 Å². The van der Waals surface area contributed by atoms with E-state index in [-0.39, 0.29) is 18.6 Å². The number of hydrogen-bond donors (Lipinski definition) is 1. The molecule has 1 aliphatic rings. The van der Waals surface area contributed by atoms with Crippen LogP contribution in [-0.4, -0.2) is 50.2 Å². The molecule has 0 bridgehead atoms. The highest BCUT2D eigenvalue weighted by Crippen LogP contribution is 2.17. The average Bonchev–Trinajstić information content (AvgIpc) is 3.00. The summed E-state index contributed by atoms with van der Waals surface area (Å²) in [5.74, 6) is 1.49. The van der Waals surface area contributed by atoms with Crippen LogP contribution in [0.3, 0.4) is 0 Å². The van der Waals surface area contributed by atoms with Crippen molar-refractivity contribution < 1.29 is 14.3 Å². The number of likely N-dealkylation sites (N-methyl/N-ethyl adjacent to an activating group) is 1. The van der Waals surface area contributed by atoms with E-state index in [0.29, 0.717) is 12.4 Å². The standard InChI is InChI=1S/C15H22N2O3/c1-3-19-13-4-6-14(7-5-13)20-11-15(18)17(2)12-8-9-16-10-12/h4-7,12,16H,3,8-11H2,1-2H3. The molecule has 0 aromatic heterocycles. The summed E-state index contributed by atoms with van der Waals surface area (Å²) < 4.78 is 10.9. The molecule has 0 spiro atoms. The van der Waals surface area contributed by atoms with Crippen molar-refractivity contribution in [1.29, 1.82) is 0 Å². The van der Waals surface area contributed by atoms with Crippen molar-refractivity contribution in [2.45, 2.75) is 19.4 Å². The maximum absolute atomic E-state index is 12.0. The Kier molecular flexibility index (Phi) is 5.24. The molecule has 5 nitrogen and oxygen atoms in total. The Bertz CT molecular complexity index is 427. The molecular weight excluding hydrogens is 256 g/mol. The number of nitrogens with zero attached hydrogens (tertiary/aromatic N) is 1. The van der Waals surface area contributed by atoms with Crippen LogP contribution in [0.4, 0.5) is 0 Å². The lowest BCUT2D eigenvalue weighted by Gasteiger charge is -2.23. The van der Waals surface area contributed by atoms with Gasteiger partial charge in [0.2, 0.25) is 0 Å². The summed E-state index contributed by atoms with van der Waals surface area (Å²) in [5.41, 5.74) is 0. The molecule has 1 saturated heterocycles. The molecule has 1 amide bonds. The van der Waals surface area contributed by atoms with Crippen molar-refractivity contribution in [3.8, 4) is 11.5 Å². The van der Waals surface area contributed by atoms with Gasteiger partial charge in [0.1, 0.15) is 11.5 Å².